The van der Waals surface area contributed by atoms with Gasteiger partial charge in [0.15, 0.2) is 0 Å². The molecule has 1 rings (SSSR count). The highest BCUT2D eigenvalue weighted by Gasteiger charge is 2.08. The Morgan fingerprint density at radius 2 is 2.00 bits per heavy atom. The molecule has 1 aromatic rings. The first-order chi connectivity index (χ1) is 6.66. The van der Waals surface area contributed by atoms with Crippen molar-refractivity contribution in [2.75, 3.05) is 5.73 Å². The van der Waals surface area contributed by atoms with Crippen molar-refractivity contribution in [1.82, 2.24) is 9.78 Å². The molecule has 3 nitrogen and oxygen atoms in total. The van der Waals surface area contributed by atoms with Crippen molar-refractivity contribution in [3.63, 3.8) is 0 Å². The van der Waals surface area contributed by atoms with Crippen LogP contribution in [0.2, 0.25) is 0 Å². The van der Waals surface area contributed by atoms with Crippen molar-refractivity contribution in [3.8, 4) is 0 Å². The predicted molar refractivity (Wildman–Crippen MR) is 60.2 cm³/mol. The van der Waals surface area contributed by atoms with E-state index in [2.05, 4.69) is 18.9 Å². The minimum Gasteiger partial charge on any atom is -0.384 e. The lowest BCUT2D eigenvalue weighted by molar-refractivity contribution is 0.649. The number of hydrogen-bond donors (Lipinski definition) is 1. The molecule has 0 aliphatic rings. The molecule has 2 N–H and O–H groups in total. The maximum atomic E-state index is 5.83. The van der Waals surface area contributed by atoms with Crippen molar-refractivity contribution in [1.29, 1.82) is 0 Å². The van der Waals surface area contributed by atoms with Gasteiger partial charge < -0.3 is 5.73 Å². The van der Waals surface area contributed by atoms with E-state index in [1.54, 1.807) is 4.68 Å². The Morgan fingerprint density at radius 1 is 1.29 bits per heavy atom. The zero-order chi connectivity index (χ0) is 10.6. The molecule has 0 aromatic carbocycles. The van der Waals surface area contributed by atoms with Gasteiger partial charge in [-0.1, -0.05) is 26.2 Å². The van der Waals surface area contributed by atoms with Gasteiger partial charge in [0.25, 0.3) is 0 Å². The number of nitrogen functional groups attached to an aromatic ring is 1. The lowest BCUT2D eigenvalue weighted by atomic mass is 10.1. The van der Waals surface area contributed by atoms with Gasteiger partial charge in [-0.15, -0.1) is 0 Å². The van der Waals surface area contributed by atoms with E-state index in [0.717, 1.165) is 17.8 Å². The van der Waals surface area contributed by atoms with Crippen molar-refractivity contribution in [2.45, 2.75) is 46.0 Å². The summed E-state index contributed by atoms with van der Waals surface area (Å²) in [5, 5.41) is 4.40. The number of aryl methyl sites for hydroxylation is 2. The van der Waals surface area contributed by atoms with Crippen LogP contribution in [-0.4, -0.2) is 9.78 Å². The summed E-state index contributed by atoms with van der Waals surface area (Å²) in [4.78, 5) is 0. The van der Waals surface area contributed by atoms with E-state index in [1.165, 1.54) is 31.4 Å². The average Bonchev–Trinajstić information content (AvgIpc) is 2.41. The fraction of sp³-hybridized carbons (Fsp3) is 0.727. The largest absolute Gasteiger partial charge is 0.384 e. The van der Waals surface area contributed by atoms with Crippen LogP contribution in [0.4, 0.5) is 5.82 Å². The molecule has 0 aliphatic carbocycles. The molecule has 0 saturated heterocycles. The molecule has 3 heteroatoms. The molecule has 0 spiro atoms. The normalized spacial score (nSPS) is 10.8. The Bertz CT molecular complexity index is 289. The number of aromatic nitrogens is 2. The van der Waals surface area contributed by atoms with Crippen molar-refractivity contribution in [3.05, 3.63) is 11.3 Å². The predicted octanol–water partition coefficient (Wildman–Crippen LogP) is 2.43. The number of nitrogens with two attached hydrogens (primary N) is 1. The molecule has 1 heterocycles. The van der Waals surface area contributed by atoms with E-state index in [4.69, 9.17) is 5.73 Å². The summed E-state index contributed by atoms with van der Waals surface area (Å²) < 4.78 is 1.77. The topological polar surface area (TPSA) is 43.8 Å². The zero-order valence-electron chi connectivity index (χ0n) is 9.51. The minimum atomic E-state index is 0.801. The first-order valence-corrected chi connectivity index (χ1v) is 5.44. The number of nitrogens with zero attached hydrogens (tertiary/aromatic N) is 2. The van der Waals surface area contributed by atoms with E-state index >= 15 is 0 Å². The minimum absolute atomic E-state index is 0.801. The van der Waals surface area contributed by atoms with Gasteiger partial charge in [0, 0.05) is 12.6 Å². The Labute approximate surface area is 86.3 Å². The molecule has 0 aliphatic heterocycles. The number of unbranched alkanes of at least 4 members (excludes halogenated alkanes) is 3. The second-order valence-corrected chi connectivity index (χ2v) is 3.89. The maximum absolute atomic E-state index is 5.83. The Morgan fingerprint density at radius 3 is 2.50 bits per heavy atom. The smallest absolute Gasteiger partial charge is 0.124 e. The summed E-state index contributed by atoms with van der Waals surface area (Å²) in [6, 6.07) is 0. The van der Waals surface area contributed by atoms with Crippen LogP contribution in [0.1, 0.15) is 43.9 Å². The summed E-state index contributed by atoms with van der Waals surface area (Å²) in [5.41, 5.74) is 8.16. The van der Waals surface area contributed by atoms with E-state index in [-0.39, 0.29) is 0 Å². The molecule has 1 aromatic heterocycles. The van der Waals surface area contributed by atoms with Gasteiger partial charge in [-0.2, -0.15) is 5.10 Å². The van der Waals surface area contributed by atoms with Crippen LogP contribution in [0.25, 0.3) is 0 Å². The van der Waals surface area contributed by atoms with Crippen molar-refractivity contribution >= 4 is 5.82 Å². The SMILES string of the molecule is CCCCCCc1nn(C)c(N)c1C. The lowest BCUT2D eigenvalue weighted by Gasteiger charge is -1.97. The zero-order valence-corrected chi connectivity index (χ0v) is 9.51. The van der Waals surface area contributed by atoms with E-state index < -0.39 is 0 Å². The second kappa shape index (κ2) is 5.03. The van der Waals surface area contributed by atoms with Crippen LogP contribution < -0.4 is 5.73 Å². The molecule has 0 radical (unpaired) electrons. The third kappa shape index (κ3) is 2.50. The highest BCUT2D eigenvalue weighted by molar-refractivity contribution is 5.41. The van der Waals surface area contributed by atoms with E-state index in [9.17, 15) is 0 Å². The van der Waals surface area contributed by atoms with Crippen LogP contribution in [-0.2, 0) is 13.5 Å². The fourth-order valence-electron chi connectivity index (χ4n) is 1.66. The summed E-state index contributed by atoms with van der Waals surface area (Å²) in [7, 11) is 1.90. The van der Waals surface area contributed by atoms with Gasteiger partial charge in [0.1, 0.15) is 5.82 Å². The number of rotatable bonds is 5. The average molecular weight is 195 g/mol. The van der Waals surface area contributed by atoms with Crippen LogP contribution >= 0.6 is 0 Å². The van der Waals surface area contributed by atoms with Gasteiger partial charge in [-0.3, -0.25) is 4.68 Å². The highest BCUT2D eigenvalue weighted by Crippen LogP contribution is 2.16. The summed E-state index contributed by atoms with van der Waals surface area (Å²) in [6.45, 7) is 4.28. The molecular formula is C11H21N3. The molecule has 0 bridgehead atoms. The fourth-order valence-corrected chi connectivity index (χ4v) is 1.66. The van der Waals surface area contributed by atoms with Gasteiger partial charge in [-0.25, -0.2) is 0 Å². The summed E-state index contributed by atoms with van der Waals surface area (Å²) >= 11 is 0. The van der Waals surface area contributed by atoms with Crippen molar-refractivity contribution in [2.24, 2.45) is 7.05 Å². The van der Waals surface area contributed by atoms with Crippen molar-refractivity contribution < 1.29 is 0 Å². The van der Waals surface area contributed by atoms with Crippen LogP contribution in [0.3, 0.4) is 0 Å². The van der Waals surface area contributed by atoms with Crippen LogP contribution in [0.5, 0.6) is 0 Å². The lowest BCUT2D eigenvalue weighted by Crippen LogP contribution is -1.97. The van der Waals surface area contributed by atoms with Gasteiger partial charge in [0.2, 0.25) is 0 Å². The first kappa shape index (κ1) is 11.1. The van der Waals surface area contributed by atoms with Crippen LogP contribution in [0.15, 0.2) is 0 Å². The number of hydrogen-bond acceptors (Lipinski definition) is 2. The van der Waals surface area contributed by atoms with Crippen LogP contribution in [0, 0.1) is 6.92 Å². The Balaban J connectivity index is 2.47. The molecule has 80 valence electrons. The molecule has 0 saturated carbocycles. The molecule has 0 amide bonds. The quantitative estimate of drug-likeness (QED) is 0.733. The van der Waals surface area contributed by atoms with E-state index in [1.807, 2.05) is 7.05 Å². The molecule has 0 fully saturated rings. The maximum Gasteiger partial charge on any atom is 0.124 e. The molecule has 0 unspecified atom stereocenters. The Hall–Kier alpha value is -0.990. The monoisotopic (exact) mass is 195 g/mol. The summed E-state index contributed by atoms with van der Waals surface area (Å²) in [5.74, 6) is 0.801. The second-order valence-electron chi connectivity index (χ2n) is 3.89. The Kier molecular flexibility index (Phi) is 3.98. The first-order valence-electron chi connectivity index (χ1n) is 5.44. The number of anilines is 1. The molecular weight excluding hydrogens is 174 g/mol. The molecule has 14 heavy (non-hydrogen) atoms. The summed E-state index contributed by atoms with van der Waals surface area (Å²) in [6.07, 6.45) is 6.19. The third-order valence-corrected chi connectivity index (χ3v) is 2.70. The van der Waals surface area contributed by atoms with Gasteiger partial charge in [-0.05, 0) is 19.8 Å². The molecule has 0 atom stereocenters. The third-order valence-electron chi connectivity index (χ3n) is 2.70. The standard InChI is InChI=1S/C11H21N3/c1-4-5-6-7-8-10-9(2)11(12)14(3)13-10/h4-8,12H2,1-3H3. The van der Waals surface area contributed by atoms with Gasteiger partial charge in [0.05, 0.1) is 5.69 Å². The van der Waals surface area contributed by atoms with E-state index in [0.29, 0.717) is 0 Å². The van der Waals surface area contributed by atoms with Gasteiger partial charge >= 0.3 is 0 Å². The highest BCUT2D eigenvalue weighted by atomic mass is 15.3.